The van der Waals surface area contributed by atoms with E-state index in [0.29, 0.717) is 11.3 Å². The summed E-state index contributed by atoms with van der Waals surface area (Å²) >= 11 is 0. The van der Waals surface area contributed by atoms with Gasteiger partial charge in [-0.2, -0.15) is 5.10 Å². The van der Waals surface area contributed by atoms with Crippen molar-refractivity contribution in [1.29, 1.82) is 0 Å². The normalized spacial score (nSPS) is 12.1. The summed E-state index contributed by atoms with van der Waals surface area (Å²) in [6, 6.07) is 5.78. The van der Waals surface area contributed by atoms with Crippen LogP contribution in [0.2, 0.25) is 0 Å². The van der Waals surface area contributed by atoms with Gasteiger partial charge in [0, 0.05) is 0 Å². The summed E-state index contributed by atoms with van der Waals surface area (Å²) in [5.74, 6) is -0.601. The number of amides is 2. The first-order valence-electron chi connectivity index (χ1n) is 5.07. The van der Waals surface area contributed by atoms with Crippen molar-refractivity contribution in [2.45, 2.75) is 13.0 Å². The van der Waals surface area contributed by atoms with Crippen molar-refractivity contribution in [2.75, 3.05) is 0 Å². The quantitative estimate of drug-likeness (QED) is 0.523. The number of carboxylic acids is 1. The average molecular weight is 251 g/mol. The summed E-state index contributed by atoms with van der Waals surface area (Å²) in [4.78, 5) is 20.9. The molecular weight excluding hydrogens is 238 g/mol. The fourth-order valence-electron chi connectivity index (χ4n) is 1.06. The lowest BCUT2D eigenvalue weighted by Crippen LogP contribution is -2.24. The predicted molar refractivity (Wildman–Crippen MR) is 64.5 cm³/mol. The number of nitrogens with zero attached hydrogens (tertiary/aromatic N) is 1. The molecule has 0 aromatic heterocycles. The van der Waals surface area contributed by atoms with Gasteiger partial charge in [0.15, 0.2) is 6.10 Å². The summed E-state index contributed by atoms with van der Waals surface area (Å²) in [6.07, 6.45) is 0.482. The molecule has 0 spiro atoms. The van der Waals surface area contributed by atoms with Gasteiger partial charge in [-0.25, -0.2) is 15.0 Å². The van der Waals surface area contributed by atoms with Crippen LogP contribution in [-0.4, -0.2) is 29.4 Å². The molecule has 0 fully saturated rings. The predicted octanol–water partition coefficient (Wildman–Crippen LogP) is 0.541. The van der Waals surface area contributed by atoms with Gasteiger partial charge in [0.1, 0.15) is 5.75 Å². The Labute approximate surface area is 103 Å². The van der Waals surface area contributed by atoms with Gasteiger partial charge in [-0.1, -0.05) is 0 Å². The largest absolute Gasteiger partial charge is 0.479 e. The minimum absolute atomic E-state index is 0.435. The highest BCUT2D eigenvalue weighted by atomic mass is 16.5. The van der Waals surface area contributed by atoms with E-state index < -0.39 is 18.1 Å². The third kappa shape index (κ3) is 4.52. The molecule has 0 aliphatic heterocycles. The summed E-state index contributed by atoms with van der Waals surface area (Å²) < 4.78 is 5.14. The van der Waals surface area contributed by atoms with Crippen LogP contribution in [0.5, 0.6) is 5.75 Å². The minimum atomic E-state index is -1.04. The van der Waals surface area contributed by atoms with Crippen molar-refractivity contribution in [3.8, 4) is 5.75 Å². The number of rotatable bonds is 5. The molecule has 7 heteroatoms. The number of ether oxygens (including phenoxy) is 1. The van der Waals surface area contributed by atoms with E-state index in [4.69, 9.17) is 15.6 Å². The molecule has 0 radical (unpaired) electrons. The maximum absolute atomic E-state index is 10.6. The molecule has 0 aliphatic rings. The fraction of sp³-hybridized carbons (Fsp3) is 0.182. The molecule has 0 unspecified atom stereocenters. The number of carbonyl (C=O) groups is 2. The average Bonchev–Trinajstić information content (AvgIpc) is 2.30. The smallest absolute Gasteiger partial charge is 0.344 e. The second-order valence-corrected chi connectivity index (χ2v) is 3.40. The van der Waals surface area contributed by atoms with E-state index in [-0.39, 0.29) is 0 Å². The van der Waals surface area contributed by atoms with E-state index in [2.05, 4.69) is 10.5 Å². The first kappa shape index (κ1) is 13.5. The van der Waals surface area contributed by atoms with Gasteiger partial charge in [0.25, 0.3) is 0 Å². The van der Waals surface area contributed by atoms with Crippen LogP contribution in [0.3, 0.4) is 0 Å². The number of urea groups is 1. The van der Waals surface area contributed by atoms with Crippen molar-refractivity contribution in [2.24, 2.45) is 10.8 Å². The number of benzene rings is 1. The number of carbonyl (C=O) groups excluding carboxylic acids is 1. The summed E-state index contributed by atoms with van der Waals surface area (Å²) in [6.45, 7) is 1.44. The van der Waals surface area contributed by atoms with Crippen LogP contribution in [-0.2, 0) is 4.79 Å². The zero-order valence-corrected chi connectivity index (χ0v) is 9.66. The van der Waals surface area contributed by atoms with E-state index >= 15 is 0 Å². The third-order valence-electron chi connectivity index (χ3n) is 1.93. The standard InChI is InChI=1S/C11H13N3O4/c1-7(10(15)16)18-9-4-2-8(3-5-9)6-13-14-11(12)17/h2-7H,1H3,(H,15,16)(H3,12,14,17)/b13-6-/t7-/m1/s1. The highest BCUT2D eigenvalue weighted by Crippen LogP contribution is 2.13. The van der Waals surface area contributed by atoms with Gasteiger partial charge >= 0.3 is 12.0 Å². The molecule has 0 heterocycles. The molecule has 1 aromatic carbocycles. The molecular formula is C11H13N3O4. The van der Waals surface area contributed by atoms with Gasteiger partial charge in [-0.15, -0.1) is 0 Å². The minimum Gasteiger partial charge on any atom is -0.479 e. The lowest BCUT2D eigenvalue weighted by Gasteiger charge is -2.09. The Kier molecular flexibility index (Phi) is 4.67. The SMILES string of the molecule is C[C@@H](Oc1ccc(/C=N\NC(N)=O)cc1)C(=O)O. The highest BCUT2D eigenvalue weighted by molar-refractivity contribution is 5.81. The topological polar surface area (TPSA) is 114 Å². The molecule has 0 bridgehead atoms. The van der Waals surface area contributed by atoms with Crippen molar-refractivity contribution in [3.63, 3.8) is 0 Å². The Bertz CT molecular complexity index is 456. The van der Waals surface area contributed by atoms with Crippen molar-refractivity contribution in [3.05, 3.63) is 29.8 Å². The van der Waals surface area contributed by atoms with Gasteiger partial charge in [-0.05, 0) is 36.8 Å². The second-order valence-electron chi connectivity index (χ2n) is 3.40. The van der Waals surface area contributed by atoms with Gasteiger partial charge in [0.05, 0.1) is 6.21 Å². The first-order chi connectivity index (χ1) is 8.49. The number of hydrogen-bond donors (Lipinski definition) is 3. The number of nitrogens with two attached hydrogens (primary N) is 1. The molecule has 0 saturated carbocycles. The number of aliphatic carboxylic acids is 1. The summed E-state index contributed by atoms with van der Waals surface area (Å²) in [5, 5.41) is 12.2. The molecule has 4 N–H and O–H groups in total. The van der Waals surface area contributed by atoms with Crippen molar-refractivity contribution >= 4 is 18.2 Å². The van der Waals surface area contributed by atoms with Crippen molar-refractivity contribution in [1.82, 2.24) is 5.43 Å². The zero-order chi connectivity index (χ0) is 13.5. The molecule has 18 heavy (non-hydrogen) atoms. The first-order valence-corrected chi connectivity index (χ1v) is 5.07. The van der Waals surface area contributed by atoms with E-state index in [9.17, 15) is 9.59 Å². The van der Waals surface area contributed by atoms with Crippen LogP contribution in [0.15, 0.2) is 29.4 Å². The fourth-order valence-corrected chi connectivity index (χ4v) is 1.06. The number of hydrazone groups is 1. The van der Waals surface area contributed by atoms with E-state index in [1.807, 2.05) is 0 Å². The Balaban J connectivity index is 2.60. The Hall–Kier alpha value is -2.57. The van der Waals surface area contributed by atoms with Crippen molar-refractivity contribution < 1.29 is 19.4 Å². The Morgan fingerprint density at radius 1 is 1.44 bits per heavy atom. The molecule has 0 aliphatic carbocycles. The number of hydrogen-bond acceptors (Lipinski definition) is 4. The second kappa shape index (κ2) is 6.24. The molecule has 2 amide bonds. The maximum Gasteiger partial charge on any atom is 0.344 e. The van der Waals surface area contributed by atoms with Crippen LogP contribution in [0.25, 0.3) is 0 Å². The lowest BCUT2D eigenvalue weighted by molar-refractivity contribution is -0.144. The Morgan fingerprint density at radius 3 is 2.56 bits per heavy atom. The van der Waals surface area contributed by atoms with Gasteiger partial charge < -0.3 is 15.6 Å². The van der Waals surface area contributed by atoms with Crippen LogP contribution >= 0.6 is 0 Å². The Morgan fingerprint density at radius 2 is 2.06 bits per heavy atom. The summed E-state index contributed by atoms with van der Waals surface area (Å²) in [5.41, 5.74) is 7.59. The summed E-state index contributed by atoms with van der Waals surface area (Å²) in [7, 11) is 0. The number of carboxylic acid groups (broad SMARTS) is 1. The number of primary amides is 1. The molecule has 1 aromatic rings. The van der Waals surface area contributed by atoms with Crippen LogP contribution in [0.1, 0.15) is 12.5 Å². The van der Waals surface area contributed by atoms with Crippen LogP contribution < -0.4 is 15.9 Å². The monoisotopic (exact) mass is 251 g/mol. The maximum atomic E-state index is 10.6. The lowest BCUT2D eigenvalue weighted by atomic mass is 10.2. The van der Waals surface area contributed by atoms with Crippen LogP contribution in [0.4, 0.5) is 4.79 Å². The molecule has 96 valence electrons. The third-order valence-corrected chi connectivity index (χ3v) is 1.93. The van der Waals surface area contributed by atoms with Gasteiger partial charge in [-0.3, -0.25) is 0 Å². The number of nitrogens with one attached hydrogen (secondary N) is 1. The molecule has 7 nitrogen and oxygen atoms in total. The van der Waals surface area contributed by atoms with E-state index in [0.717, 1.165) is 0 Å². The van der Waals surface area contributed by atoms with Crippen LogP contribution in [0, 0.1) is 0 Å². The highest BCUT2D eigenvalue weighted by Gasteiger charge is 2.11. The molecule has 1 atom stereocenters. The molecule has 0 saturated heterocycles. The van der Waals surface area contributed by atoms with Gasteiger partial charge in [0.2, 0.25) is 0 Å². The molecule has 1 rings (SSSR count). The van der Waals surface area contributed by atoms with E-state index in [1.165, 1.54) is 13.1 Å². The zero-order valence-electron chi connectivity index (χ0n) is 9.66. The van der Waals surface area contributed by atoms with E-state index in [1.54, 1.807) is 24.3 Å².